The van der Waals surface area contributed by atoms with Crippen molar-refractivity contribution in [1.82, 2.24) is 0 Å². The van der Waals surface area contributed by atoms with Crippen molar-refractivity contribution in [3.63, 3.8) is 0 Å². The van der Waals surface area contributed by atoms with Gasteiger partial charge in [0.05, 0.1) is 115 Å². The van der Waals surface area contributed by atoms with E-state index in [1.54, 1.807) is 0 Å². The molecule has 52 heavy (non-hydrogen) atoms. The van der Waals surface area contributed by atoms with Crippen molar-refractivity contribution in [2.75, 3.05) is 92.5 Å². The zero-order chi connectivity index (χ0) is 39.7. The Labute approximate surface area is 315 Å². The highest BCUT2D eigenvalue weighted by Gasteiger charge is 1.91. The Morgan fingerprint density at radius 3 is 0.558 bits per heavy atom. The first kappa shape index (κ1) is 56.7. The fourth-order valence-electron chi connectivity index (χ4n) is 2.66. The van der Waals surface area contributed by atoms with E-state index in [0.717, 1.165) is 52.1 Å². The van der Waals surface area contributed by atoms with E-state index in [1.165, 1.54) is 75.5 Å². The molecule has 12 nitrogen and oxygen atoms in total. The Kier molecular flexibility index (Phi) is 74.5. The highest BCUT2D eigenvalue weighted by molar-refractivity contribution is 4.54. The van der Waals surface area contributed by atoms with Crippen LogP contribution >= 0.6 is 0 Å². The standard InChI is InChI=1S/C10H18O4.C10H18O2.C8H14O2.2C6H10O2/c1-3-11-5-7-13-9-10-14-8-6-12-4-2;1-3-11-9-7-5-6-8-10-12-4-2;1-3-9-7-5-6-8-10-4-2;2*1-3-7-5-6-8-4-2/h3-4H,1-2,5-10H2;3-4H,1-2,5-10H2;3-4H,1-2,5-8H2;2*3-4H,1-2,5-6H2. The molecule has 0 unspecified atom stereocenters. The lowest BCUT2D eigenvalue weighted by Crippen LogP contribution is -2.10. The van der Waals surface area contributed by atoms with E-state index >= 15 is 0 Å². The van der Waals surface area contributed by atoms with E-state index in [0.29, 0.717) is 66.1 Å². The summed E-state index contributed by atoms with van der Waals surface area (Å²) in [6.07, 6.45) is 20.8. The maximum atomic E-state index is 5.18. The van der Waals surface area contributed by atoms with Gasteiger partial charge in [-0.3, -0.25) is 0 Å². The van der Waals surface area contributed by atoms with Crippen LogP contribution < -0.4 is 0 Å². The minimum Gasteiger partial charge on any atom is -0.502 e. The van der Waals surface area contributed by atoms with Crippen LogP contribution in [0.1, 0.15) is 38.5 Å². The molecule has 0 atom stereocenters. The minimum atomic E-state index is 0.531. The van der Waals surface area contributed by atoms with Gasteiger partial charge in [-0.05, 0) is 38.5 Å². The molecule has 0 bridgehead atoms. The number of unbranched alkanes of at least 4 members (excludes halogenated alkanes) is 4. The average Bonchev–Trinajstić information content (AvgIpc) is 3.16. The van der Waals surface area contributed by atoms with Crippen LogP contribution in [0, 0.1) is 0 Å². The van der Waals surface area contributed by atoms with Crippen molar-refractivity contribution in [3.05, 3.63) is 128 Å². The molecule has 0 aliphatic carbocycles. The lowest BCUT2D eigenvalue weighted by Gasteiger charge is -2.05. The molecule has 0 saturated carbocycles. The molecule has 0 radical (unpaired) electrons. The number of hydrogen-bond acceptors (Lipinski definition) is 12. The van der Waals surface area contributed by atoms with Crippen LogP contribution in [0.25, 0.3) is 0 Å². The minimum absolute atomic E-state index is 0.531. The zero-order valence-corrected chi connectivity index (χ0v) is 31.9. The first-order chi connectivity index (χ1) is 25.6. The van der Waals surface area contributed by atoms with Crippen molar-refractivity contribution in [2.24, 2.45) is 0 Å². The molecule has 0 aliphatic rings. The predicted octanol–water partition coefficient (Wildman–Crippen LogP) is 8.91. The Morgan fingerprint density at radius 1 is 0.192 bits per heavy atom. The van der Waals surface area contributed by atoms with Crippen LogP contribution in [0.15, 0.2) is 128 Å². The molecular formula is C40H70O12. The molecule has 0 saturated heterocycles. The normalized spacial score (nSPS) is 8.54. The quantitative estimate of drug-likeness (QED) is 0.0448. The molecule has 0 aromatic carbocycles. The summed E-state index contributed by atoms with van der Waals surface area (Å²) in [5.74, 6) is 0. The van der Waals surface area contributed by atoms with Gasteiger partial charge >= 0.3 is 0 Å². The van der Waals surface area contributed by atoms with E-state index < -0.39 is 0 Å². The highest BCUT2D eigenvalue weighted by atomic mass is 16.6. The molecular weight excluding hydrogens is 672 g/mol. The smallest absolute Gasteiger partial charge is 0.121 e. The summed E-state index contributed by atoms with van der Waals surface area (Å²) in [6, 6.07) is 0. The van der Waals surface area contributed by atoms with Gasteiger partial charge in [-0.2, -0.15) is 0 Å². The van der Waals surface area contributed by atoms with Crippen LogP contribution in [0.2, 0.25) is 0 Å². The third-order valence-corrected chi connectivity index (χ3v) is 4.93. The van der Waals surface area contributed by atoms with Crippen molar-refractivity contribution in [3.8, 4) is 0 Å². The predicted molar refractivity (Wildman–Crippen MR) is 211 cm³/mol. The molecule has 0 aromatic heterocycles. The maximum absolute atomic E-state index is 5.18. The average molecular weight is 743 g/mol. The SMILES string of the molecule is C=COCCCCCCOC=C.C=COCCCCOC=C.C=COCCOC=C.C=COCCOC=C.C=COCCOCCOCCOC=C. The van der Waals surface area contributed by atoms with Gasteiger partial charge in [0.25, 0.3) is 0 Å². The van der Waals surface area contributed by atoms with Gasteiger partial charge in [0.15, 0.2) is 0 Å². The number of ether oxygens (including phenoxy) is 12. The Bertz CT molecular complexity index is 677. The summed E-state index contributed by atoms with van der Waals surface area (Å²) in [6.45, 7) is 42.5. The van der Waals surface area contributed by atoms with E-state index in [9.17, 15) is 0 Å². The summed E-state index contributed by atoms with van der Waals surface area (Å²) < 4.78 is 58.7. The molecule has 12 heteroatoms. The second-order valence-electron chi connectivity index (χ2n) is 8.72. The van der Waals surface area contributed by atoms with Crippen molar-refractivity contribution in [1.29, 1.82) is 0 Å². The fraction of sp³-hybridized carbons (Fsp3) is 0.500. The summed E-state index contributed by atoms with van der Waals surface area (Å²) >= 11 is 0. The van der Waals surface area contributed by atoms with E-state index in [1.807, 2.05) is 0 Å². The van der Waals surface area contributed by atoms with Crippen molar-refractivity contribution >= 4 is 0 Å². The second-order valence-corrected chi connectivity index (χ2v) is 8.72. The van der Waals surface area contributed by atoms with Gasteiger partial charge in [-0.1, -0.05) is 65.8 Å². The van der Waals surface area contributed by atoms with Gasteiger partial charge < -0.3 is 56.8 Å². The first-order valence-electron chi connectivity index (χ1n) is 17.0. The molecule has 0 N–H and O–H groups in total. The molecule has 0 spiro atoms. The van der Waals surface area contributed by atoms with Crippen LogP contribution in [-0.2, 0) is 56.8 Å². The molecule has 0 rings (SSSR count). The van der Waals surface area contributed by atoms with Gasteiger partial charge in [0.1, 0.15) is 39.6 Å². The zero-order valence-electron chi connectivity index (χ0n) is 31.9. The van der Waals surface area contributed by atoms with Gasteiger partial charge in [-0.25, -0.2) is 0 Å². The fourth-order valence-corrected chi connectivity index (χ4v) is 2.66. The molecule has 0 amide bonds. The van der Waals surface area contributed by atoms with Gasteiger partial charge in [0, 0.05) is 0 Å². The lowest BCUT2D eigenvalue weighted by molar-refractivity contribution is 0.0186. The highest BCUT2D eigenvalue weighted by Crippen LogP contribution is 2.00. The summed E-state index contributed by atoms with van der Waals surface area (Å²) in [4.78, 5) is 0. The molecule has 302 valence electrons. The van der Waals surface area contributed by atoms with E-state index in [4.69, 9.17) is 56.8 Å². The lowest BCUT2D eigenvalue weighted by atomic mass is 10.2. The van der Waals surface area contributed by atoms with E-state index in [-0.39, 0.29) is 0 Å². The number of hydrogen-bond donors (Lipinski definition) is 0. The summed E-state index contributed by atoms with van der Waals surface area (Å²) in [5.41, 5.74) is 0. The third kappa shape index (κ3) is 85.2. The molecule has 0 heterocycles. The summed E-state index contributed by atoms with van der Waals surface area (Å²) in [7, 11) is 0. The van der Waals surface area contributed by atoms with Crippen LogP contribution in [-0.4, -0.2) is 92.5 Å². The Balaban J connectivity index is -0.000000180. The topological polar surface area (TPSA) is 111 Å². The number of rotatable bonds is 37. The van der Waals surface area contributed by atoms with Crippen LogP contribution in [0.5, 0.6) is 0 Å². The van der Waals surface area contributed by atoms with Gasteiger partial charge in [0.2, 0.25) is 0 Å². The van der Waals surface area contributed by atoms with Crippen LogP contribution in [0.3, 0.4) is 0 Å². The van der Waals surface area contributed by atoms with Crippen molar-refractivity contribution < 1.29 is 56.8 Å². The van der Waals surface area contributed by atoms with Crippen LogP contribution in [0.4, 0.5) is 0 Å². The maximum Gasteiger partial charge on any atom is 0.121 e. The van der Waals surface area contributed by atoms with Gasteiger partial charge in [-0.15, -0.1) is 0 Å². The molecule has 0 aromatic rings. The summed E-state index contributed by atoms with van der Waals surface area (Å²) in [5, 5.41) is 0. The van der Waals surface area contributed by atoms with Crippen molar-refractivity contribution in [2.45, 2.75) is 38.5 Å². The first-order valence-corrected chi connectivity index (χ1v) is 17.0. The monoisotopic (exact) mass is 742 g/mol. The Hall–Kier alpha value is -4.68. The second kappa shape index (κ2) is 68.3. The molecule has 0 aliphatic heterocycles. The molecule has 0 fully saturated rings. The van der Waals surface area contributed by atoms with E-state index in [2.05, 4.69) is 65.8 Å². The largest absolute Gasteiger partial charge is 0.502 e. The Morgan fingerprint density at radius 2 is 0.346 bits per heavy atom. The third-order valence-electron chi connectivity index (χ3n) is 4.93.